The van der Waals surface area contributed by atoms with Crippen LogP contribution in [0.1, 0.15) is 10.4 Å². The summed E-state index contributed by atoms with van der Waals surface area (Å²) in [5.41, 5.74) is 2.01. The molecule has 7 nitrogen and oxygen atoms in total. The minimum absolute atomic E-state index is 0.0925. The molecule has 0 aliphatic heterocycles. The fourth-order valence-corrected chi connectivity index (χ4v) is 3.90. The molecule has 0 radical (unpaired) electrons. The van der Waals surface area contributed by atoms with Crippen molar-refractivity contribution >= 4 is 33.5 Å². The minimum Gasteiger partial charge on any atom is -0.504 e. The van der Waals surface area contributed by atoms with Crippen molar-refractivity contribution in [2.24, 2.45) is 0 Å². The molecule has 0 aliphatic carbocycles. The zero-order valence-corrected chi connectivity index (χ0v) is 17.8. The quantitative estimate of drug-likeness (QED) is 0.237. The highest BCUT2D eigenvalue weighted by Crippen LogP contribution is 2.30. The van der Waals surface area contributed by atoms with Gasteiger partial charge in [0, 0.05) is 33.7 Å². The number of benzene rings is 2. The first-order valence-electron chi connectivity index (χ1n) is 8.82. The van der Waals surface area contributed by atoms with Gasteiger partial charge >= 0.3 is 0 Å². The Balaban J connectivity index is 1.66. The number of hydrogen-bond donors (Lipinski definition) is 2. The smallest absolute Gasteiger partial charge is 0.196 e. The molecule has 30 heavy (non-hydrogen) atoms. The number of phenols is 2. The molecule has 0 unspecified atom stereocenters. The van der Waals surface area contributed by atoms with Crippen LogP contribution in [0.2, 0.25) is 0 Å². The molecule has 0 atom stereocenters. The van der Waals surface area contributed by atoms with Crippen LogP contribution < -0.4 is 0 Å². The van der Waals surface area contributed by atoms with Crippen molar-refractivity contribution in [3.8, 4) is 28.6 Å². The lowest BCUT2D eigenvalue weighted by molar-refractivity contribution is 0.102. The summed E-state index contributed by atoms with van der Waals surface area (Å²) in [6, 6.07) is 15.4. The normalized spacial score (nSPS) is 10.8. The lowest BCUT2D eigenvalue weighted by atomic mass is 10.1. The van der Waals surface area contributed by atoms with Crippen LogP contribution in [0.3, 0.4) is 0 Å². The Kier molecular flexibility index (Phi) is 5.82. The van der Waals surface area contributed by atoms with Crippen LogP contribution in [0.15, 0.2) is 76.6 Å². The van der Waals surface area contributed by atoms with Crippen molar-refractivity contribution in [2.75, 3.05) is 5.75 Å². The SMILES string of the molecule is O=C(CSc1nnc(-c2ccncc2)n1-c1ccc(Br)cc1)c1ccc(O)c(O)c1. The van der Waals surface area contributed by atoms with E-state index in [0.717, 1.165) is 15.7 Å². The van der Waals surface area contributed by atoms with Crippen molar-refractivity contribution in [3.05, 3.63) is 77.0 Å². The predicted octanol–water partition coefficient (Wildman–Crippen LogP) is 4.48. The van der Waals surface area contributed by atoms with Gasteiger partial charge in [-0.15, -0.1) is 10.2 Å². The molecule has 9 heteroatoms. The molecule has 150 valence electrons. The molecule has 4 rings (SSSR count). The predicted molar refractivity (Wildman–Crippen MR) is 117 cm³/mol. The van der Waals surface area contributed by atoms with Gasteiger partial charge in [0.25, 0.3) is 0 Å². The van der Waals surface area contributed by atoms with E-state index in [1.807, 2.05) is 41.0 Å². The maximum atomic E-state index is 12.6. The number of carbonyl (C=O) groups is 1. The standard InChI is InChI=1S/C21H15BrN4O3S/c22-15-2-4-16(5-3-15)26-20(13-7-9-23-10-8-13)24-25-21(26)30-12-19(29)14-1-6-17(27)18(28)11-14/h1-11,27-28H,12H2. The molecule has 0 aliphatic rings. The van der Waals surface area contributed by atoms with Crippen LogP contribution in [0, 0.1) is 0 Å². The molecule has 0 saturated carbocycles. The molecular weight excluding hydrogens is 468 g/mol. The lowest BCUT2D eigenvalue weighted by Crippen LogP contribution is -2.05. The second kappa shape index (κ2) is 8.68. The van der Waals surface area contributed by atoms with E-state index in [1.165, 1.54) is 30.0 Å². The third-order valence-electron chi connectivity index (χ3n) is 4.29. The Hall–Kier alpha value is -3.17. The number of Topliss-reactive ketones (excluding diaryl/α,β-unsaturated/α-hetero) is 1. The van der Waals surface area contributed by atoms with Crippen molar-refractivity contribution in [1.82, 2.24) is 19.7 Å². The highest BCUT2D eigenvalue weighted by Gasteiger charge is 2.18. The Labute approximate surface area is 184 Å². The van der Waals surface area contributed by atoms with E-state index in [2.05, 4.69) is 31.1 Å². The van der Waals surface area contributed by atoms with Gasteiger partial charge in [0.15, 0.2) is 28.3 Å². The van der Waals surface area contributed by atoms with Gasteiger partial charge < -0.3 is 10.2 Å². The van der Waals surface area contributed by atoms with Crippen LogP contribution in [-0.4, -0.2) is 41.5 Å². The summed E-state index contributed by atoms with van der Waals surface area (Å²) in [5, 5.41) is 28.2. The minimum atomic E-state index is -0.330. The number of aromatic hydroxyl groups is 2. The van der Waals surface area contributed by atoms with Crippen LogP contribution in [0.5, 0.6) is 11.5 Å². The number of rotatable bonds is 6. The number of aromatic nitrogens is 4. The van der Waals surface area contributed by atoms with Gasteiger partial charge in [0.2, 0.25) is 0 Å². The molecule has 2 aromatic heterocycles. The van der Waals surface area contributed by atoms with Crippen LogP contribution in [0.4, 0.5) is 0 Å². The van der Waals surface area contributed by atoms with Gasteiger partial charge in [-0.25, -0.2) is 0 Å². The average Bonchev–Trinajstić information content (AvgIpc) is 3.19. The Morgan fingerprint density at radius 2 is 1.70 bits per heavy atom. The van der Waals surface area contributed by atoms with Crippen molar-refractivity contribution < 1.29 is 15.0 Å². The first kappa shape index (κ1) is 20.1. The molecule has 0 fully saturated rings. The molecule has 2 N–H and O–H groups in total. The topological polar surface area (TPSA) is 101 Å². The highest BCUT2D eigenvalue weighted by molar-refractivity contribution is 9.10. The third-order valence-corrected chi connectivity index (χ3v) is 5.74. The molecule has 2 heterocycles. The summed E-state index contributed by atoms with van der Waals surface area (Å²) in [7, 11) is 0. The first-order chi connectivity index (χ1) is 14.5. The van der Waals surface area contributed by atoms with Crippen molar-refractivity contribution in [1.29, 1.82) is 0 Å². The molecular formula is C21H15BrN4O3S. The molecule has 4 aromatic rings. The zero-order valence-electron chi connectivity index (χ0n) is 15.4. The molecule has 0 bridgehead atoms. The Bertz CT molecular complexity index is 1200. The molecule has 0 amide bonds. The highest BCUT2D eigenvalue weighted by atomic mass is 79.9. The van der Waals surface area contributed by atoms with E-state index in [-0.39, 0.29) is 23.0 Å². The summed E-state index contributed by atoms with van der Waals surface area (Å²) in [5.74, 6) is -0.0713. The van der Waals surface area contributed by atoms with E-state index < -0.39 is 0 Å². The average molecular weight is 483 g/mol. The number of carbonyl (C=O) groups excluding carboxylic acids is 1. The van der Waals surface area contributed by atoms with Crippen molar-refractivity contribution in [3.63, 3.8) is 0 Å². The zero-order chi connectivity index (χ0) is 21.1. The number of hydrogen-bond acceptors (Lipinski definition) is 7. The Morgan fingerprint density at radius 3 is 2.40 bits per heavy atom. The number of phenolic OH excluding ortho intramolecular Hbond substituents is 2. The maximum absolute atomic E-state index is 12.6. The second-order valence-electron chi connectivity index (χ2n) is 6.27. The number of nitrogens with zero attached hydrogens (tertiary/aromatic N) is 4. The molecule has 0 spiro atoms. The summed E-state index contributed by atoms with van der Waals surface area (Å²) >= 11 is 4.68. The summed E-state index contributed by atoms with van der Waals surface area (Å²) in [6.45, 7) is 0. The van der Waals surface area contributed by atoms with E-state index in [0.29, 0.717) is 16.5 Å². The third kappa shape index (κ3) is 4.22. The number of ketones is 1. The fourth-order valence-electron chi connectivity index (χ4n) is 2.78. The largest absolute Gasteiger partial charge is 0.504 e. The van der Waals surface area contributed by atoms with Gasteiger partial charge in [-0.3, -0.25) is 14.3 Å². The number of halogens is 1. The second-order valence-corrected chi connectivity index (χ2v) is 8.13. The summed E-state index contributed by atoms with van der Waals surface area (Å²) in [4.78, 5) is 16.6. The van der Waals surface area contributed by atoms with Crippen molar-refractivity contribution in [2.45, 2.75) is 5.16 Å². The van der Waals surface area contributed by atoms with Gasteiger partial charge in [0.05, 0.1) is 5.75 Å². The summed E-state index contributed by atoms with van der Waals surface area (Å²) < 4.78 is 2.83. The molecule has 2 aromatic carbocycles. The monoisotopic (exact) mass is 482 g/mol. The van der Waals surface area contributed by atoms with Crippen LogP contribution in [-0.2, 0) is 0 Å². The number of pyridine rings is 1. The Morgan fingerprint density at radius 1 is 0.967 bits per heavy atom. The fraction of sp³-hybridized carbons (Fsp3) is 0.0476. The molecule has 0 saturated heterocycles. The first-order valence-corrected chi connectivity index (χ1v) is 10.6. The van der Waals surface area contributed by atoms with Crippen LogP contribution >= 0.6 is 27.7 Å². The van der Waals surface area contributed by atoms with Gasteiger partial charge in [-0.05, 0) is 54.6 Å². The lowest BCUT2D eigenvalue weighted by Gasteiger charge is -2.10. The van der Waals surface area contributed by atoms with Gasteiger partial charge in [0.1, 0.15) is 0 Å². The van der Waals surface area contributed by atoms with Gasteiger partial charge in [-0.1, -0.05) is 27.7 Å². The van der Waals surface area contributed by atoms with E-state index in [1.54, 1.807) is 12.4 Å². The summed E-state index contributed by atoms with van der Waals surface area (Å²) in [6.07, 6.45) is 3.37. The number of thioether (sulfide) groups is 1. The van der Waals surface area contributed by atoms with Gasteiger partial charge in [-0.2, -0.15) is 0 Å². The van der Waals surface area contributed by atoms with E-state index >= 15 is 0 Å². The van der Waals surface area contributed by atoms with E-state index in [4.69, 9.17) is 0 Å². The van der Waals surface area contributed by atoms with E-state index in [9.17, 15) is 15.0 Å². The van der Waals surface area contributed by atoms with Crippen LogP contribution in [0.25, 0.3) is 17.1 Å². The maximum Gasteiger partial charge on any atom is 0.196 e.